The highest BCUT2D eigenvalue weighted by Crippen LogP contribution is 2.46. The first-order valence-corrected chi connectivity index (χ1v) is 18.6. The van der Waals surface area contributed by atoms with E-state index in [1.807, 2.05) is 0 Å². The molecule has 2 heteroatoms. The van der Waals surface area contributed by atoms with Crippen molar-refractivity contribution in [3.63, 3.8) is 0 Å². The van der Waals surface area contributed by atoms with Crippen molar-refractivity contribution in [2.45, 2.75) is 12.8 Å². The average Bonchev–Trinajstić information content (AvgIpc) is 3.55. The van der Waals surface area contributed by atoms with E-state index in [0.717, 1.165) is 11.4 Å². The monoisotopic (exact) mass is 678 g/mol. The van der Waals surface area contributed by atoms with Gasteiger partial charge in [-0.3, -0.25) is 0 Å². The first-order valence-electron chi connectivity index (χ1n) is 18.6. The number of anilines is 2. The second-order valence-electron chi connectivity index (χ2n) is 14.2. The van der Waals surface area contributed by atoms with E-state index in [1.165, 1.54) is 71.4 Å². The summed E-state index contributed by atoms with van der Waals surface area (Å²) in [5, 5.41) is 7.65. The Kier molecular flexibility index (Phi) is 7.54. The number of nitrogens with zero attached hydrogens (tertiary/aromatic N) is 2. The third-order valence-corrected chi connectivity index (χ3v) is 11.0. The van der Waals surface area contributed by atoms with Crippen LogP contribution in [0.25, 0.3) is 60.2 Å². The second kappa shape index (κ2) is 12.8. The largest absolute Gasteiger partial charge is 0.311 e. The first-order chi connectivity index (χ1) is 26.2. The number of fused-ring (bicyclic) bond motifs is 5. The maximum atomic E-state index is 2.52. The van der Waals surface area contributed by atoms with Gasteiger partial charge in [0.25, 0.3) is 0 Å². The minimum Gasteiger partial charge on any atom is -0.311 e. The molecule has 0 bridgehead atoms. The zero-order valence-corrected chi connectivity index (χ0v) is 29.6. The number of benzene rings is 8. The predicted octanol–water partition coefficient (Wildman–Crippen LogP) is 13.8. The molecule has 0 spiro atoms. The van der Waals surface area contributed by atoms with Crippen molar-refractivity contribution < 1.29 is 0 Å². The predicted molar refractivity (Wildman–Crippen MR) is 225 cm³/mol. The summed E-state index contributed by atoms with van der Waals surface area (Å²) in [6.07, 6.45) is 7.27. The Balaban J connectivity index is 1.14. The van der Waals surface area contributed by atoms with Gasteiger partial charge in [0, 0.05) is 39.4 Å². The molecule has 53 heavy (non-hydrogen) atoms. The van der Waals surface area contributed by atoms with Crippen molar-refractivity contribution in [3.8, 4) is 16.8 Å². The van der Waals surface area contributed by atoms with Crippen LogP contribution in [0, 0.1) is 5.92 Å². The van der Waals surface area contributed by atoms with Crippen molar-refractivity contribution in [2.24, 2.45) is 5.92 Å². The molecule has 2 unspecified atom stereocenters. The number of hydrogen-bond donors (Lipinski definition) is 0. The summed E-state index contributed by atoms with van der Waals surface area (Å²) in [5.41, 5.74) is 11.0. The molecule has 10 rings (SSSR count). The van der Waals surface area contributed by atoms with Crippen molar-refractivity contribution in [1.29, 1.82) is 0 Å². The lowest BCUT2D eigenvalue weighted by atomic mass is 9.80. The lowest BCUT2D eigenvalue weighted by Crippen LogP contribution is -2.20. The minimum absolute atomic E-state index is 0.161. The fourth-order valence-corrected chi connectivity index (χ4v) is 8.52. The van der Waals surface area contributed by atoms with E-state index in [9.17, 15) is 0 Å². The molecule has 0 radical (unpaired) electrons. The van der Waals surface area contributed by atoms with Crippen LogP contribution in [0.4, 0.5) is 11.4 Å². The molecule has 1 heterocycles. The molecule has 1 aliphatic rings. The molecule has 2 atom stereocenters. The summed E-state index contributed by atoms with van der Waals surface area (Å²) in [6.45, 7) is 2.38. The molecule has 0 saturated heterocycles. The maximum Gasteiger partial charge on any atom is 0.0585 e. The third-order valence-electron chi connectivity index (χ3n) is 11.0. The van der Waals surface area contributed by atoms with Crippen molar-refractivity contribution in [3.05, 3.63) is 211 Å². The first kappa shape index (κ1) is 31.1. The summed E-state index contributed by atoms with van der Waals surface area (Å²) in [5.74, 6) is 0.385. The van der Waals surface area contributed by atoms with Gasteiger partial charge in [0.2, 0.25) is 0 Å². The van der Waals surface area contributed by atoms with Gasteiger partial charge in [0.15, 0.2) is 0 Å². The highest BCUT2D eigenvalue weighted by molar-refractivity contribution is 6.16. The van der Waals surface area contributed by atoms with E-state index in [0.29, 0.717) is 0 Å². The standard InChI is InChI=1S/C51H38N2/c1-35-32-43(52(41-19-6-3-7-20-41)42-27-24-38(25-28-42)36-14-4-2-5-15-36)30-31-45(35)50-46-21-11-10-18-40(46)34-48-47-22-12-13-23-49(47)53(51(48)50)44-29-26-37-16-8-9-17-39(37)33-44/h2-35,45H,1H3. The van der Waals surface area contributed by atoms with E-state index in [4.69, 9.17) is 0 Å². The highest BCUT2D eigenvalue weighted by atomic mass is 15.1. The van der Waals surface area contributed by atoms with Crippen LogP contribution in [-0.4, -0.2) is 4.57 Å². The van der Waals surface area contributed by atoms with Crippen molar-refractivity contribution >= 4 is 54.7 Å². The van der Waals surface area contributed by atoms with E-state index in [1.54, 1.807) is 0 Å². The van der Waals surface area contributed by atoms with Crippen LogP contribution in [0.2, 0.25) is 0 Å². The normalized spacial score (nSPS) is 15.7. The minimum atomic E-state index is 0.161. The van der Waals surface area contributed by atoms with Gasteiger partial charge in [-0.1, -0.05) is 153 Å². The van der Waals surface area contributed by atoms with Gasteiger partial charge >= 0.3 is 0 Å². The molecule has 252 valence electrons. The van der Waals surface area contributed by atoms with Crippen LogP contribution in [0.15, 0.2) is 206 Å². The fraction of sp³-hybridized carbons (Fsp3) is 0.0588. The molecule has 9 aromatic rings. The fourth-order valence-electron chi connectivity index (χ4n) is 8.52. The lowest BCUT2D eigenvalue weighted by molar-refractivity contribution is 0.634. The van der Waals surface area contributed by atoms with E-state index < -0.39 is 0 Å². The number of aromatic nitrogens is 1. The molecule has 0 amide bonds. The van der Waals surface area contributed by atoms with Gasteiger partial charge in [-0.15, -0.1) is 0 Å². The molecule has 0 fully saturated rings. The SMILES string of the molecule is CC1C=C(N(c2ccccc2)c2ccc(-c3ccccc3)cc2)C=CC1c1c2ccccc2cc2c3ccccc3n(-c3ccc4ccccc4c3)c12. The molecule has 0 saturated carbocycles. The third kappa shape index (κ3) is 5.34. The van der Waals surface area contributed by atoms with Crippen LogP contribution >= 0.6 is 0 Å². The smallest absolute Gasteiger partial charge is 0.0585 e. The highest BCUT2D eigenvalue weighted by Gasteiger charge is 2.28. The number of rotatable bonds is 6. The van der Waals surface area contributed by atoms with Gasteiger partial charge in [-0.05, 0) is 98.8 Å². The Hall–Kier alpha value is -6.64. The Labute approximate surface area is 310 Å². The Morgan fingerprint density at radius 3 is 1.89 bits per heavy atom. The summed E-state index contributed by atoms with van der Waals surface area (Å²) in [6, 6.07) is 66.1. The summed E-state index contributed by atoms with van der Waals surface area (Å²) < 4.78 is 2.52. The lowest BCUT2D eigenvalue weighted by Gasteiger charge is -2.32. The number of allylic oxidation sites excluding steroid dienone is 3. The Morgan fingerprint density at radius 1 is 0.491 bits per heavy atom. The van der Waals surface area contributed by atoms with Crippen LogP contribution in [0.1, 0.15) is 18.4 Å². The van der Waals surface area contributed by atoms with E-state index in [2.05, 4.69) is 217 Å². The molecule has 8 aromatic carbocycles. The van der Waals surface area contributed by atoms with Crippen LogP contribution in [-0.2, 0) is 0 Å². The average molecular weight is 679 g/mol. The van der Waals surface area contributed by atoms with Gasteiger partial charge < -0.3 is 9.47 Å². The van der Waals surface area contributed by atoms with Crippen LogP contribution in [0.5, 0.6) is 0 Å². The molecule has 0 N–H and O–H groups in total. The topological polar surface area (TPSA) is 8.17 Å². The molecule has 2 nitrogen and oxygen atoms in total. The Morgan fingerprint density at radius 2 is 1.11 bits per heavy atom. The van der Waals surface area contributed by atoms with Crippen LogP contribution in [0.3, 0.4) is 0 Å². The van der Waals surface area contributed by atoms with Gasteiger partial charge in [-0.25, -0.2) is 0 Å². The zero-order chi connectivity index (χ0) is 35.3. The molecule has 1 aliphatic carbocycles. The quantitative estimate of drug-likeness (QED) is 0.170. The molecular weight excluding hydrogens is 641 g/mol. The van der Waals surface area contributed by atoms with Gasteiger partial charge in [0.05, 0.1) is 11.0 Å². The molecule has 0 aliphatic heterocycles. The summed E-state index contributed by atoms with van der Waals surface area (Å²) in [7, 11) is 0. The zero-order valence-electron chi connectivity index (χ0n) is 29.6. The van der Waals surface area contributed by atoms with Gasteiger partial charge in [0.1, 0.15) is 0 Å². The molecular formula is C51H38N2. The summed E-state index contributed by atoms with van der Waals surface area (Å²) in [4.78, 5) is 2.39. The van der Waals surface area contributed by atoms with Gasteiger partial charge in [-0.2, -0.15) is 0 Å². The second-order valence-corrected chi connectivity index (χ2v) is 14.2. The number of hydrogen-bond acceptors (Lipinski definition) is 1. The van der Waals surface area contributed by atoms with Crippen molar-refractivity contribution in [2.75, 3.05) is 4.90 Å². The number of para-hydroxylation sites is 2. The Bertz CT molecular complexity index is 2840. The van der Waals surface area contributed by atoms with Crippen molar-refractivity contribution in [1.82, 2.24) is 4.57 Å². The summed E-state index contributed by atoms with van der Waals surface area (Å²) >= 11 is 0. The maximum absolute atomic E-state index is 2.52. The van der Waals surface area contributed by atoms with Crippen LogP contribution < -0.4 is 4.90 Å². The van der Waals surface area contributed by atoms with E-state index in [-0.39, 0.29) is 11.8 Å². The van der Waals surface area contributed by atoms with E-state index >= 15 is 0 Å². The molecule has 1 aromatic heterocycles.